The fourth-order valence-corrected chi connectivity index (χ4v) is 2.54. The lowest BCUT2D eigenvalue weighted by Gasteiger charge is -2.05. The van der Waals surface area contributed by atoms with Crippen LogP contribution in [0.3, 0.4) is 0 Å². The van der Waals surface area contributed by atoms with Crippen LogP contribution in [0.5, 0.6) is 0 Å². The van der Waals surface area contributed by atoms with Crippen molar-refractivity contribution >= 4 is 27.4 Å². The van der Waals surface area contributed by atoms with Crippen LogP contribution in [0, 0.1) is 0 Å². The van der Waals surface area contributed by atoms with E-state index < -0.39 is 0 Å². The largest absolute Gasteiger partial charge is 0.361 e. The molecule has 3 N–H and O–H groups in total. The summed E-state index contributed by atoms with van der Waals surface area (Å²) in [5.41, 5.74) is 10.1. The molecule has 3 aromatic rings. The molecule has 2 aromatic carbocycles. The van der Waals surface area contributed by atoms with Gasteiger partial charge in [-0.3, -0.25) is 0 Å². The Morgan fingerprint density at radius 3 is 2.88 bits per heavy atom. The molecule has 16 heavy (non-hydrogen) atoms. The summed E-state index contributed by atoms with van der Waals surface area (Å²) in [5.74, 6) is 0. The molecule has 0 amide bonds. The van der Waals surface area contributed by atoms with Crippen molar-refractivity contribution in [1.82, 2.24) is 10.4 Å². The Balaban J connectivity index is 2.24. The second-order valence-electron chi connectivity index (χ2n) is 4.17. The molecular formula is C13H11N3. The number of H-pyrrole nitrogens is 1. The Morgan fingerprint density at radius 2 is 1.88 bits per heavy atom. The molecule has 0 aliphatic carbocycles. The maximum atomic E-state index is 3.31. The van der Waals surface area contributed by atoms with Gasteiger partial charge in [-0.1, -0.05) is 18.2 Å². The van der Waals surface area contributed by atoms with Crippen LogP contribution in [0.2, 0.25) is 0 Å². The van der Waals surface area contributed by atoms with Gasteiger partial charge in [-0.05, 0) is 17.5 Å². The van der Waals surface area contributed by atoms with Gasteiger partial charge in [0.25, 0.3) is 0 Å². The van der Waals surface area contributed by atoms with E-state index in [-0.39, 0.29) is 0 Å². The number of nitrogens with one attached hydrogen (secondary N) is 3. The van der Waals surface area contributed by atoms with Crippen LogP contribution in [0.15, 0.2) is 36.5 Å². The molecule has 0 radical (unpaired) electrons. The van der Waals surface area contributed by atoms with E-state index in [9.17, 15) is 0 Å². The van der Waals surface area contributed by atoms with E-state index >= 15 is 0 Å². The Labute approximate surface area is 92.4 Å². The van der Waals surface area contributed by atoms with E-state index in [0.29, 0.717) is 0 Å². The Hall–Kier alpha value is -2.00. The van der Waals surface area contributed by atoms with Gasteiger partial charge in [-0.15, -0.1) is 0 Å². The van der Waals surface area contributed by atoms with Gasteiger partial charge in [0, 0.05) is 29.1 Å². The number of aromatic nitrogens is 1. The molecular weight excluding hydrogens is 198 g/mol. The van der Waals surface area contributed by atoms with E-state index in [1.807, 2.05) is 6.20 Å². The molecule has 3 nitrogen and oxygen atoms in total. The third kappa shape index (κ3) is 0.907. The average Bonchev–Trinajstić information content (AvgIpc) is 2.96. The second-order valence-corrected chi connectivity index (χ2v) is 4.17. The predicted octanol–water partition coefficient (Wildman–Crippen LogP) is 2.75. The monoisotopic (exact) mass is 209 g/mol. The smallest absolute Gasteiger partial charge is 0.0539 e. The SMILES string of the molecule is c1cc2ccc3c4c(ccc3c2[nH]1)NNC4. The van der Waals surface area contributed by atoms with Crippen LogP contribution < -0.4 is 10.9 Å². The van der Waals surface area contributed by atoms with Crippen LogP contribution in [-0.2, 0) is 6.54 Å². The Morgan fingerprint density at radius 1 is 0.938 bits per heavy atom. The zero-order chi connectivity index (χ0) is 10.5. The molecule has 3 heteroatoms. The maximum absolute atomic E-state index is 3.31. The van der Waals surface area contributed by atoms with Gasteiger partial charge >= 0.3 is 0 Å². The summed E-state index contributed by atoms with van der Waals surface area (Å²) < 4.78 is 0. The summed E-state index contributed by atoms with van der Waals surface area (Å²) in [7, 11) is 0. The highest BCUT2D eigenvalue weighted by atomic mass is 15.4. The van der Waals surface area contributed by atoms with Crippen LogP contribution in [-0.4, -0.2) is 4.98 Å². The van der Waals surface area contributed by atoms with E-state index in [1.54, 1.807) is 0 Å². The molecule has 0 saturated carbocycles. The number of hydrazine groups is 1. The summed E-state index contributed by atoms with van der Waals surface area (Å²) in [6.45, 7) is 0.888. The zero-order valence-corrected chi connectivity index (χ0v) is 8.67. The number of hydrogen-bond donors (Lipinski definition) is 3. The summed E-state index contributed by atoms with van der Waals surface area (Å²) >= 11 is 0. The Kier molecular flexibility index (Phi) is 1.42. The lowest BCUT2D eigenvalue weighted by molar-refractivity contribution is 0.863. The lowest BCUT2D eigenvalue weighted by atomic mass is 10.0. The lowest BCUT2D eigenvalue weighted by Crippen LogP contribution is -2.10. The highest BCUT2D eigenvalue weighted by Gasteiger charge is 2.13. The quantitative estimate of drug-likeness (QED) is 0.532. The van der Waals surface area contributed by atoms with Crippen LogP contribution >= 0.6 is 0 Å². The van der Waals surface area contributed by atoms with Crippen molar-refractivity contribution in [3.05, 3.63) is 42.1 Å². The molecule has 0 unspecified atom stereocenters. The van der Waals surface area contributed by atoms with Crippen molar-refractivity contribution in [3.8, 4) is 0 Å². The first kappa shape index (κ1) is 8.19. The first-order valence-electron chi connectivity index (χ1n) is 5.44. The molecule has 1 aliphatic heterocycles. The van der Waals surface area contributed by atoms with E-state index in [4.69, 9.17) is 0 Å². The minimum absolute atomic E-state index is 0.888. The maximum Gasteiger partial charge on any atom is 0.0539 e. The van der Waals surface area contributed by atoms with Crippen molar-refractivity contribution in [2.24, 2.45) is 0 Å². The highest BCUT2D eigenvalue weighted by Crippen LogP contribution is 2.32. The number of hydrogen-bond acceptors (Lipinski definition) is 2. The van der Waals surface area contributed by atoms with Crippen LogP contribution in [0.25, 0.3) is 21.7 Å². The van der Waals surface area contributed by atoms with Crippen LogP contribution in [0.4, 0.5) is 5.69 Å². The predicted molar refractivity (Wildman–Crippen MR) is 66.3 cm³/mol. The third-order valence-corrected chi connectivity index (χ3v) is 3.32. The van der Waals surface area contributed by atoms with E-state index in [2.05, 4.69) is 46.2 Å². The van der Waals surface area contributed by atoms with Gasteiger partial charge in [-0.2, -0.15) is 0 Å². The van der Waals surface area contributed by atoms with Gasteiger partial charge in [-0.25, -0.2) is 5.43 Å². The zero-order valence-electron chi connectivity index (χ0n) is 8.67. The van der Waals surface area contributed by atoms with Crippen molar-refractivity contribution in [3.63, 3.8) is 0 Å². The molecule has 1 aliphatic rings. The molecule has 78 valence electrons. The van der Waals surface area contributed by atoms with Crippen molar-refractivity contribution < 1.29 is 0 Å². The van der Waals surface area contributed by atoms with Crippen LogP contribution in [0.1, 0.15) is 5.56 Å². The number of benzene rings is 2. The highest BCUT2D eigenvalue weighted by molar-refractivity contribution is 6.08. The van der Waals surface area contributed by atoms with Crippen molar-refractivity contribution in [2.75, 3.05) is 5.43 Å². The summed E-state index contributed by atoms with van der Waals surface area (Å²) in [6.07, 6.45) is 1.99. The normalized spacial score (nSPS) is 14.2. The van der Waals surface area contributed by atoms with Gasteiger partial charge in [0.2, 0.25) is 0 Å². The van der Waals surface area contributed by atoms with Gasteiger partial charge < -0.3 is 10.4 Å². The van der Waals surface area contributed by atoms with Crippen molar-refractivity contribution in [1.29, 1.82) is 0 Å². The summed E-state index contributed by atoms with van der Waals surface area (Å²) in [4.78, 5) is 3.31. The first-order valence-corrected chi connectivity index (χ1v) is 5.44. The second kappa shape index (κ2) is 2.77. The molecule has 1 aromatic heterocycles. The molecule has 0 saturated heterocycles. The van der Waals surface area contributed by atoms with Gasteiger partial charge in [0.05, 0.1) is 11.2 Å². The van der Waals surface area contributed by atoms with Gasteiger partial charge in [0.15, 0.2) is 0 Å². The number of fused-ring (bicyclic) bond motifs is 5. The first-order chi connectivity index (χ1) is 7.93. The summed E-state index contributed by atoms with van der Waals surface area (Å²) in [6, 6.07) is 10.8. The fourth-order valence-electron chi connectivity index (χ4n) is 2.54. The topological polar surface area (TPSA) is 39.9 Å². The number of rotatable bonds is 0. The van der Waals surface area contributed by atoms with E-state index in [1.165, 1.54) is 32.9 Å². The minimum Gasteiger partial charge on any atom is -0.361 e. The minimum atomic E-state index is 0.888. The fraction of sp³-hybridized carbons (Fsp3) is 0.0769. The number of anilines is 1. The summed E-state index contributed by atoms with van der Waals surface area (Å²) in [5, 5.41) is 3.89. The third-order valence-electron chi connectivity index (χ3n) is 3.32. The molecule has 0 bridgehead atoms. The molecule has 0 atom stereocenters. The standard InChI is InChI=1S/C13H11N3/c1-2-9-10(13-8(1)5-6-14-13)3-4-12-11(9)7-15-16-12/h1-6,14-16H,7H2. The molecule has 4 rings (SSSR count). The molecule has 2 heterocycles. The van der Waals surface area contributed by atoms with E-state index in [0.717, 1.165) is 6.54 Å². The molecule has 0 spiro atoms. The average molecular weight is 209 g/mol. The molecule has 0 fully saturated rings. The Bertz CT molecular complexity index is 697. The van der Waals surface area contributed by atoms with Crippen molar-refractivity contribution in [2.45, 2.75) is 6.54 Å². The van der Waals surface area contributed by atoms with Gasteiger partial charge in [0.1, 0.15) is 0 Å². The number of aromatic amines is 1.